The van der Waals surface area contributed by atoms with Gasteiger partial charge in [0.15, 0.2) is 0 Å². The van der Waals surface area contributed by atoms with Gasteiger partial charge in [0, 0.05) is 32.9 Å². The van der Waals surface area contributed by atoms with Crippen LogP contribution in [-0.2, 0) is 4.57 Å². The molecular weight excluding hydrogens is 465 g/mol. The molecule has 0 unspecified atom stereocenters. The fourth-order valence-electron chi connectivity index (χ4n) is 3.40. The Kier molecular flexibility index (Phi) is 6.15. The first-order valence-electron chi connectivity index (χ1n) is 10.5. The fraction of sp³-hybridized carbons (Fsp3) is 0.0769. The Balaban J connectivity index is 1.56. The van der Waals surface area contributed by atoms with E-state index < -0.39 is 5.55 Å². The smallest absolute Gasteiger partial charge is 0.228 e. The minimum atomic E-state index is -2.93. The third kappa shape index (κ3) is 4.93. The van der Waals surface area contributed by atoms with Crippen LogP contribution in [0.5, 0.6) is 0 Å². The lowest BCUT2D eigenvalue weighted by molar-refractivity contribution is 0.598. The molecule has 0 spiro atoms. The van der Waals surface area contributed by atoms with E-state index in [1.54, 1.807) is 12.4 Å². The van der Waals surface area contributed by atoms with Gasteiger partial charge in [-0.1, -0.05) is 35.4 Å². The van der Waals surface area contributed by atoms with Crippen molar-refractivity contribution in [3.63, 3.8) is 0 Å². The second-order valence-electron chi connectivity index (χ2n) is 7.83. The van der Waals surface area contributed by atoms with E-state index >= 15 is 0 Å². The summed E-state index contributed by atoms with van der Waals surface area (Å²) in [6.45, 7) is 4.12. The lowest BCUT2D eigenvalue weighted by Crippen LogP contribution is -1.99. The summed E-state index contributed by atoms with van der Waals surface area (Å²) in [5.74, 6) is 0. The second-order valence-corrected chi connectivity index (χ2v) is 15.5. The van der Waals surface area contributed by atoms with E-state index in [4.69, 9.17) is 0 Å². The molecule has 2 aromatic heterocycles. The molecule has 5 aromatic rings. The maximum Gasteiger partial charge on any atom is 0.228 e. The molecule has 5 rings (SSSR count). The van der Waals surface area contributed by atoms with Crippen molar-refractivity contribution in [2.75, 3.05) is 0 Å². The SMILES string of the molecule is Cc1ccc(SP(=O)(Sc2ccc(C)cc2)c2ccc3nn(-c4cccnc4)cc3c2)cc1. The second kappa shape index (κ2) is 9.22. The van der Waals surface area contributed by atoms with Gasteiger partial charge in [-0.3, -0.25) is 9.55 Å². The molecule has 3 aromatic carbocycles. The minimum Gasteiger partial charge on any atom is -0.295 e. The molecule has 0 bridgehead atoms. The van der Waals surface area contributed by atoms with Gasteiger partial charge >= 0.3 is 0 Å². The van der Waals surface area contributed by atoms with E-state index in [1.807, 2.05) is 65.5 Å². The maximum absolute atomic E-state index is 14.5. The van der Waals surface area contributed by atoms with Crippen molar-refractivity contribution in [3.05, 3.63) is 109 Å². The molecule has 33 heavy (non-hydrogen) atoms. The first-order valence-corrected chi connectivity index (χ1v) is 15.1. The van der Waals surface area contributed by atoms with Gasteiger partial charge in [-0.2, -0.15) is 5.10 Å². The maximum atomic E-state index is 14.5. The van der Waals surface area contributed by atoms with Crippen LogP contribution in [0.2, 0.25) is 0 Å². The number of fused-ring (bicyclic) bond motifs is 1. The number of hydrogen-bond acceptors (Lipinski definition) is 5. The van der Waals surface area contributed by atoms with E-state index in [9.17, 15) is 4.57 Å². The molecule has 0 amide bonds. The summed E-state index contributed by atoms with van der Waals surface area (Å²) in [4.78, 5) is 6.17. The molecule has 0 N–H and O–H groups in total. The van der Waals surface area contributed by atoms with Crippen LogP contribution in [0.1, 0.15) is 11.1 Å². The van der Waals surface area contributed by atoms with Gasteiger partial charge < -0.3 is 0 Å². The van der Waals surface area contributed by atoms with E-state index in [2.05, 4.69) is 48.2 Å². The first-order chi connectivity index (χ1) is 16.0. The molecule has 0 atom stereocenters. The predicted octanol–water partition coefficient (Wildman–Crippen LogP) is 7.44. The summed E-state index contributed by atoms with van der Waals surface area (Å²) in [6.07, 6.45) is 5.48. The third-order valence-electron chi connectivity index (χ3n) is 5.21. The minimum absolute atomic E-state index is 0.817. The molecule has 0 saturated heterocycles. The zero-order chi connectivity index (χ0) is 22.8. The largest absolute Gasteiger partial charge is 0.295 e. The average molecular weight is 488 g/mol. The first kappa shape index (κ1) is 22.0. The molecule has 0 aliphatic rings. The summed E-state index contributed by atoms with van der Waals surface area (Å²) in [6, 6.07) is 26.2. The number of aromatic nitrogens is 3. The van der Waals surface area contributed by atoms with Gasteiger partial charge in [-0.15, -0.1) is 0 Å². The molecule has 0 aliphatic heterocycles. The van der Waals surface area contributed by atoms with Crippen molar-refractivity contribution in [3.8, 4) is 5.69 Å². The highest BCUT2D eigenvalue weighted by Gasteiger charge is 2.29. The van der Waals surface area contributed by atoms with E-state index in [1.165, 1.54) is 33.9 Å². The Morgan fingerprint density at radius 1 is 0.818 bits per heavy atom. The van der Waals surface area contributed by atoms with Crippen molar-refractivity contribution in [1.82, 2.24) is 14.8 Å². The van der Waals surface area contributed by atoms with Crippen LogP contribution >= 0.6 is 28.3 Å². The molecule has 2 heterocycles. The lowest BCUT2D eigenvalue weighted by Gasteiger charge is -2.18. The van der Waals surface area contributed by atoms with Crippen molar-refractivity contribution < 1.29 is 4.57 Å². The van der Waals surface area contributed by atoms with Crippen molar-refractivity contribution in [2.45, 2.75) is 23.6 Å². The monoisotopic (exact) mass is 487 g/mol. The number of pyridine rings is 1. The van der Waals surface area contributed by atoms with Crippen molar-refractivity contribution >= 4 is 44.5 Å². The highest BCUT2D eigenvalue weighted by Crippen LogP contribution is 2.72. The van der Waals surface area contributed by atoms with E-state index in [-0.39, 0.29) is 0 Å². The molecule has 0 aliphatic carbocycles. The van der Waals surface area contributed by atoms with Crippen LogP contribution in [0.3, 0.4) is 0 Å². The summed E-state index contributed by atoms with van der Waals surface area (Å²) < 4.78 is 16.3. The van der Waals surface area contributed by atoms with Gasteiger partial charge in [0.2, 0.25) is 5.55 Å². The summed E-state index contributed by atoms with van der Waals surface area (Å²) in [7, 11) is 0. The average Bonchev–Trinajstić information content (AvgIpc) is 3.26. The topological polar surface area (TPSA) is 47.8 Å². The van der Waals surface area contributed by atoms with Crippen LogP contribution in [0.4, 0.5) is 0 Å². The molecular formula is C26H22N3OPS2. The number of rotatable bonds is 6. The van der Waals surface area contributed by atoms with Gasteiger partial charge in [0.25, 0.3) is 0 Å². The molecule has 4 nitrogen and oxygen atoms in total. The third-order valence-corrected chi connectivity index (χ3v) is 12.9. The van der Waals surface area contributed by atoms with Crippen molar-refractivity contribution in [2.24, 2.45) is 0 Å². The highest BCUT2D eigenvalue weighted by molar-refractivity contribution is 8.92. The Labute approximate surface area is 201 Å². The molecule has 0 saturated carbocycles. The van der Waals surface area contributed by atoms with Gasteiger partial charge in [0.05, 0.1) is 17.4 Å². The predicted molar refractivity (Wildman–Crippen MR) is 140 cm³/mol. The molecule has 0 fully saturated rings. The quantitative estimate of drug-likeness (QED) is 0.233. The fourth-order valence-corrected chi connectivity index (χ4v) is 11.0. The number of hydrogen-bond donors (Lipinski definition) is 0. The highest BCUT2D eigenvalue weighted by atomic mass is 33.1. The van der Waals surface area contributed by atoms with Crippen LogP contribution in [0, 0.1) is 13.8 Å². The van der Waals surface area contributed by atoms with E-state index in [0.717, 1.165) is 31.7 Å². The van der Waals surface area contributed by atoms with Crippen LogP contribution in [0.25, 0.3) is 16.6 Å². The normalized spacial score (nSPS) is 11.7. The zero-order valence-corrected chi connectivity index (χ0v) is 20.8. The molecule has 7 heteroatoms. The van der Waals surface area contributed by atoms with Gasteiger partial charge in [-0.05, 0) is 91.2 Å². The lowest BCUT2D eigenvalue weighted by atomic mass is 10.2. The van der Waals surface area contributed by atoms with Crippen LogP contribution in [-0.4, -0.2) is 14.8 Å². The van der Waals surface area contributed by atoms with Crippen LogP contribution in [0.15, 0.2) is 107 Å². The molecule has 164 valence electrons. The zero-order valence-electron chi connectivity index (χ0n) is 18.3. The number of nitrogens with zero attached hydrogens (tertiary/aromatic N) is 3. The standard InChI is InChI=1S/C26H22N3OPS2/c1-19-5-10-24(11-6-19)32-31(30,33-25-12-7-20(2)8-13-25)23-9-14-26-21(16-23)18-29(28-26)22-4-3-15-27-17-22/h3-18H,1-2H3. The van der Waals surface area contributed by atoms with Crippen LogP contribution < -0.4 is 5.30 Å². The van der Waals surface area contributed by atoms with E-state index in [0.29, 0.717) is 0 Å². The summed E-state index contributed by atoms with van der Waals surface area (Å²) in [5, 5.41) is 6.43. The van der Waals surface area contributed by atoms with Crippen molar-refractivity contribution in [1.29, 1.82) is 0 Å². The Morgan fingerprint density at radius 3 is 2.03 bits per heavy atom. The Hall–Kier alpha value is -2.79. The Bertz CT molecular complexity index is 1400. The summed E-state index contributed by atoms with van der Waals surface area (Å²) >= 11 is 2.89. The van der Waals surface area contributed by atoms with Gasteiger partial charge in [-0.25, -0.2) is 4.68 Å². The number of aryl methyl sites for hydroxylation is 2. The number of benzene rings is 3. The van der Waals surface area contributed by atoms with Gasteiger partial charge in [0.1, 0.15) is 0 Å². The molecule has 0 radical (unpaired) electrons. The Morgan fingerprint density at radius 2 is 1.45 bits per heavy atom. The summed E-state index contributed by atoms with van der Waals surface area (Å²) in [5.41, 5.74) is 1.19.